The number of allylic oxidation sites excluding steroid dienone is 1. The summed E-state index contributed by atoms with van der Waals surface area (Å²) in [6.45, 7) is 11.2. The van der Waals surface area contributed by atoms with Crippen molar-refractivity contribution in [1.82, 2.24) is 0 Å². The Morgan fingerprint density at radius 1 is 1.43 bits per heavy atom. The first-order chi connectivity index (χ1) is 10.8. The van der Waals surface area contributed by atoms with Crippen LogP contribution in [-0.2, 0) is 4.74 Å². The van der Waals surface area contributed by atoms with E-state index >= 15 is 0 Å². The first kappa shape index (κ1) is 17.2. The maximum Gasteiger partial charge on any atom is 0.161 e. The van der Waals surface area contributed by atoms with Gasteiger partial charge in [-0.05, 0) is 57.3 Å². The molecule has 0 aromatic heterocycles. The molecule has 2 N–H and O–H groups in total. The molecule has 0 aromatic carbocycles. The molecule has 0 bridgehead atoms. The van der Waals surface area contributed by atoms with Crippen LogP contribution in [0.1, 0.15) is 59.3 Å². The molecular formula is C20H32O3. The number of hydrogen-bond acceptors (Lipinski definition) is 3. The lowest BCUT2D eigenvalue weighted by Gasteiger charge is -2.59. The van der Waals surface area contributed by atoms with Gasteiger partial charge >= 0.3 is 0 Å². The van der Waals surface area contributed by atoms with Crippen LogP contribution in [0.2, 0.25) is 0 Å². The fourth-order valence-electron chi connectivity index (χ4n) is 5.74. The van der Waals surface area contributed by atoms with Crippen molar-refractivity contribution in [3.63, 3.8) is 0 Å². The highest BCUT2D eigenvalue weighted by Gasteiger charge is 2.64. The largest absolute Gasteiger partial charge is 0.392 e. The van der Waals surface area contributed by atoms with Crippen LogP contribution in [0.15, 0.2) is 23.8 Å². The van der Waals surface area contributed by atoms with Gasteiger partial charge in [0.05, 0.1) is 12.7 Å². The lowest BCUT2D eigenvalue weighted by molar-refractivity contribution is -0.199. The summed E-state index contributed by atoms with van der Waals surface area (Å²) in [7, 11) is 0. The van der Waals surface area contributed by atoms with Gasteiger partial charge in [0.25, 0.3) is 0 Å². The second kappa shape index (κ2) is 6.02. The molecule has 2 aliphatic carbocycles. The average molecular weight is 320 g/mol. The van der Waals surface area contributed by atoms with E-state index in [-0.39, 0.29) is 22.9 Å². The molecule has 1 aliphatic heterocycles. The third-order valence-electron chi connectivity index (χ3n) is 7.06. The zero-order valence-corrected chi connectivity index (χ0v) is 14.8. The molecule has 0 radical (unpaired) electrons. The van der Waals surface area contributed by atoms with Gasteiger partial charge in [0.1, 0.15) is 0 Å². The Morgan fingerprint density at radius 2 is 2.17 bits per heavy atom. The standard InChI is InChI=1S/C20H32O3/c1-13(2)6-9-17(21)19(4)10-5-11-20-15(12-23-18(20)22)14(3)7-8-16(19)20/h6,15-18,21-22H,3,5,7-12H2,1-2,4H3. The Balaban J connectivity index is 1.94. The number of rotatable bonds is 3. The van der Waals surface area contributed by atoms with E-state index in [0.29, 0.717) is 18.9 Å². The zero-order chi connectivity index (χ0) is 16.8. The van der Waals surface area contributed by atoms with Crippen molar-refractivity contribution >= 4 is 0 Å². The minimum atomic E-state index is -0.704. The fourth-order valence-corrected chi connectivity index (χ4v) is 5.74. The maximum absolute atomic E-state index is 11.0. The second-order valence-corrected chi connectivity index (χ2v) is 8.49. The van der Waals surface area contributed by atoms with E-state index in [2.05, 4.69) is 33.4 Å². The molecule has 3 rings (SSSR count). The zero-order valence-electron chi connectivity index (χ0n) is 14.8. The van der Waals surface area contributed by atoms with E-state index in [4.69, 9.17) is 4.74 Å². The van der Waals surface area contributed by atoms with E-state index in [1.807, 2.05) is 0 Å². The summed E-state index contributed by atoms with van der Waals surface area (Å²) in [6.07, 6.45) is 6.85. The third-order valence-corrected chi connectivity index (χ3v) is 7.06. The quantitative estimate of drug-likeness (QED) is 0.777. The molecule has 23 heavy (non-hydrogen) atoms. The Bertz CT molecular complexity index is 507. The monoisotopic (exact) mass is 320 g/mol. The van der Waals surface area contributed by atoms with E-state index in [1.165, 1.54) is 11.1 Å². The van der Waals surface area contributed by atoms with Crippen molar-refractivity contribution in [2.24, 2.45) is 22.7 Å². The van der Waals surface area contributed by atoms with Crippen LogP contribution in [0.5, 0.6) is 0 Å². The topological polar surface area (TPSA) is 49.7 Å². The first-order valence-corrected chi connectivity index (χ1v) is 9.11. The summed E-state index contributed by atoms with van der Waals surface area (Å²) >= 11 is 0. The molecule has 6 atom stereocenters. The Labute approximate surface area is 140 Å². The van der Waals surface area contributed by atoms with Crippen molar-refractivity contribution < 1.29 is 14.9 Å². The minimum absolute atomic E-state index is 0.155. The number of aliphatic hydroxyl groups excluding tert-OH is 2. The van der Waals surface area contributed by atoms with Gasteiger partial charge < -0.3 is 14.9 Å². The molecule has 3 nitrogen and oxygen atoms in total. The maximum atomic E-state index is 11.0. The van der Waals surface area contributed by atoms with Gasteiger partial charge in [-0.1, -0.05) is 37.1 Å². The number of ether oxygens (including phenoxy) is 1. The highest BCUT2D eigenvalue weighted by atomic mass is 16.6. The van der Waals surface area contributed by atoms with Gasteiger partial charge in [-0.15, -0.1) is 0 Å². The van der Waals surface area contributed by atoms with Crippen molar-refractivity contribution in [3.05, 3.63) is 23.8 Å². The van der Waals surface area contributed by atoms with E-state index in [1.54, 1.807) is 0 Å². The summed E-state index contributed by atoms with van der Waals surface area (Å²) < 4.78 is 5.70. The van der Waals surface area contributed by atoms with Crippen LogP contribution in [0.3, 0.4) is 0 Å². The van der Waals surface area contributed by atoms with E-state index < -0.39 is 6.29 Å². The summed E-state index contributed by atoms with van der Waals surface area (Å²) in [4.78, 5) is 0. The SMILES string of the molecule is C=C1CCC2C(C)(C(O)CC=C(C)C)CCCC23C(O)OCC13. The van der Waals surface area contributed by atoms with Crippen LogP contribution >= 0.6 is 0 Å². The molecule has 1 spiro atoms. The second-order valence-electron chi connectivity index (χ2n) is 8.49. The van der Waals surface area contributed by atoms with Crippen molar-refractivity contribution in [2.45, 2.75) is 71.7 Å². The van der Waals surface area contributed by atoms with Gasteiger partial charge in [0.2, 0.25) is 0 Å². The molecule has 3 aliphatic rings. The Hall–Kier alpha value is -0.640. The van der Waals surface area contributed by atoms with E-state index in [9.17, 15) is 10.2 Å². The van der Waals surface area contributed by atoms with Crippen molar-refractivity contribution in [2.75, 3.05) is 6.61 Å². The summed E-state index contributed by atoms with van der Waals surface area (Å²) in [5.41, 5.74) is 2.10. The molecule has 1 saturated heterocycles. The summed E-state index contributed by atoms with van der Waals surface area (Å²) in [6, 6.07) is 0. The van der Waals surface area contributed by atoms with Crippen LogP contribution in [-0.4, -0.2) is 29.2 Å². The molecule has 3 fully saturated rings. The van der Waals surface area contributed by atoms with Gasteiger partial charge in [-0.3, -0.25) is 0 Å². The molecular weight excluding hydrogens is 288 g/mol. The van der Waals surface area contributed by atoms with Crippen molar-refractivity contribution in [3.8, 4) is 0 Å². The van der Waals surface area contributed by atoms with Gasteiger partial charge in [-0.25, -0.2) is 0 Å². The molecule has 1 heterocycles. The highest BCUT2D eigenvalue weighted by Crippen LogP contribution is 2.65. The van der Waals surface area contributed by atoms with Gasteiger partial charge in [0.15, 0.2) is 6.29 Å². The van der Waals surface area contributed by atoms with Gasteiger partial charge in [0, 0.05) is 11.3 Å². The normalized spacial score (nSPS) is 44.4. The molecule has 0 amide bonds. The van der Waals surface area contributed by atoms with Crippen LogP contribution in [0.25, 0.3) is 0 Å². The lowest BCUT2D eigenvalue weighted by atomic mass is 9.45. The summed E-state index contributed by atoms with van der Waals surface area (Å²) in [5, 5.41) is 21.7. The minimum Gasteiger partial charge on any atom is -0.392 e. The smallest absolute Gasteiger partial charge is 0.161 e. The highest BCUT2D eigenvalue weighted by molar-refractivity contribution is 5.21. The Kier molecular flexibility index (Phi) is 4.50. The lowest BCUT2D eigenvalue weighted by Crippen LogP contribution is -2.58. The number of aliphatic hydroxyl groups is 2. The number of hydrogen-bond donors (Lipinski definition) is 2. The van der Waals surface area contributed by atoms with E-state index in [0.717, 1.165) is 32.1 Å². The molecule has 130 valence electrons. The predicted octanol–water partition coefficient (Wildman–Crippen LogP) is 3.81. The fraction of sp³-hybridized carbons (Fsp3) is 0.800. The predicted molar refractivity (Wildman–Crippen MR) is 91.8 cm³/mol. The van der Waals surface area contributed by atoms with Crippen LogP contribution in [0, 0.1) is 22.7 Å². The van der Waals surface area contributed by atoms with Crippen LogP contribution < -0.4 is 0 Å². The van der Waals surface area contributed by atoms with Gasteiger partial charge in [-0.2, -0.15) is 0 Å². The first-order valence-electron chi connectivity index (χ1n) is 9.11. The molecule has 6 unspecified atom stereocenters. The van der Waals surface area contributed by atoms with Crippen LogP contribution in [0.4, 0.5) is 0 Å². The Morgan fingerprint density at radius 3 is 2.87 bits per heavy atom. The molecule has 3 heteroatoms. The molecule has 0 aromatic rings. The summed E-state index contributed by atoms with van der Waals surface area (Å²) in [5.74, 6) is 0.559. The van der Waals surface area contributed by atoms with Crippen molar-refractivity contribution in [1.29, 1.82) is 0 Å². The molecule has 2 saturated carbocycles. The average Bonchev–Trinajstić information content (AvgIpc) is 2.83. The third kappa shape index (κ3) is 2.52.